The van der Waals surface area contributed by atoms with Gasteiger partial charge in [0.2, 0.25) is 5.91 Å². The SMILES string of the molecule is CCCCC/C=C\C/C=C\CCCCCCCC(=O)OCCN(CCOC(=O)CCCCCCC/C=C\C/C=C\CCCCC)C(=O)CN1CCN(CCO)CC1. The zero-order valence-corrected chi connectivity index (χ0v) is 36.7. The van der Waals surface area contributed by atoms with Gasteiger partial charge in [-0.15, -0.1) is 0 Å². The van der Waals surface area contributed by atoms with Gasteiger partial charge < -0.3 is 19.5 Å². The van der Waals surface area contributed by atoms with E-state index in [0.29, 0.717) is 19.4 Å². The number of ether oxygens (including phenoxy) is 2. The average Bonchev–Trinajstić information content (AvgIpc) is 3.21. The van der Waals surface area contributed by atoms with E-state index < -0.39 is 0 Å². The number of allylic oxidation sites excluding steroid dienone is 8. The van der Waals surface area contributed by atoms with Crippen molar-refractivity contribution in [3.8, 4) is 0 Å². The summed E-state index contributed by atoms with van der Waals surface area (Å²) in [6, 6.07) is 0. The summed E-state index contributed by atoms with van der Waals surface area (Å²) in [5, 5.41) is 9.25. The van der Waals surface area contributed by atoms with Crippen LogP contribution in [0.2, 0.25) is 0 Å². The summed E-state index contributed by atoms with van der Waals surface area (Å²) in [5.41, 5.74) is 0. The predicted molar refractivity (Wildman–Crippen MR) is 237 cm³/mol. The maximum atomic E-state index is 13.4. The summed E-state index contributed by atoms with van der Waals surface area (Å²) in [6.45, 7) is 9.48. The third kappa shape index (κ3) is 33.9. The number of nitrogens with zero attached hydrogens (tertiary/aromatic N) is 3. The van der Waals surface area contributed by atoms with Crippen molar-refractivity contribution < 1.29 is 29.0 Å². The predicted octanol–water partition coefficient (Wildman–Crippen LogP) is 10.1. The molecule has 1 fully saturated rings. The minimum absolute atomic E-state index is 0.0554. The number of hydrogen-bond donors (Lipinski definition) is 1. The first-order valence-corrected chi connectivity index (χ1v) is 23.2. The van der Waals surface area contributed by atoms with Crippen LogP contribution in [0.3, 0.4) is 0 Å². The highest BCUT2D eigenvalue weighted by Gasteiger charge is 2.22. The molecule has 9 nitrogen and oxygen atoms in total. The lowest BCUT2D eigenvalue weighted by molar-refractivity contribution is -0.148. The Labute approximate surface area is 349 Å². The van der Waals surface area contributed by atoms with Gasteiger partial charge in [0.05, 0.1) is 26.2 Å². The minimum Gasteiger partial charge on any atom is -0.464 e. The molecule has 1 rings (SSSR count). The fourth-order valence-corrected chi connectivity index (χ4v) is 6.81. The molecule has 1 heterocycles. The fourth-order valence-electron chi connectivity index (χ4n) is 6.81. The van der Waals surface area contributed by atoms with Gasteiger partial charge in [0.25, 0.3) is 0 Å². The molecule has 1 amide bonds. The van der Waals surface area contributed by atoms with Crippen molar-refractivity contribution in [2.24, 2.45) is 0 Å². The lowest BCUT2D eigenvalue weighted by atomic mass is 10.1. The second-order valence-electron chi connectivity index (χ2n) is 15.6. The Bertz CT molecular complexity index is 1020. The maximum absolute atomic E-state index is 13.4. The molecule has 57 heavy (non-hydrogen) atoms. The quantitative estimate of drug-likeness (QED) is 0.0375. The van der Waals surface area contributed by atoms with Crippen LogP contribution < -0.4 is 0 Å². The van der Waals surface area contributed by atoms with Gasteiger partial charge in [-0.25, -0.2) is 0 Å². The Hall–Kier alpha value is -2.75. The van der Waals surface area contributed by atoms with E-state index >= 15 is 0 Å². The molecule has 0 bridgehead atoms. The Morgan fingerprint density at radius 3 is 1.33 bits per heavy atom. The molecule has 1 N–H and O–H groups in total. The Morgan fingerprint density at radius 2 is 0.912 bits per heavy atom. The highest BCUT2D eigenvalue weighted by molar-refractivity contribution is 5.78. The smallest absolute Gasteiger partial charge is 0.305 e. The molecule has 1 aliphatic heterocycles. The summed E-state index contributed by atoms with van der Waals surface area (Å²) in [6.07, 6.45) is 43.9. The molecule has 0 unspecified atom stereocenters. The number of carbonyl (C=O) groups is 3. The Morgan fingerprint density at radius 1 is 0.526 bits per heavy atom. The molecule has 0 radical (unpaired) electrons. The summed E-state index contributed by atoms with van der Waals surface area (Å²) in [7, 11) is 0. The van der Waals surface area contributed by atoms with E-state index in [1.807, 2.05) is 0 Å². The number of carbonyl (C=O) groups excluding carboxylic acids is 3. The lowest BCUT2D eigenvalue weighted by Crippen LogP contribution is -2.51. The summed E-state index contributed by atoms with van der Waals surface area (Å²) < 4.78 is 11.1. The fraction of sp³-hybridized carbons (Fsp3) is 0.771. The van der Waals surface area contributed by atoms with Gasteiger partial charge in [0, 0.05) is 45.6 Å². The normalized spacial score (nSPS) is 14.2. The number of unbranched alkanes of at least 4 members (excludes halogenated alkanes) is 16. The Balaban J connectivity index is 2.28. The second kappa shape index (κ2) is 40.0. The van der Waals surface area contributed by atoms with Crippen molar-refractivity contribution in [1.29, 1.82) is 0 Å². The summed E-state index contributed by atoms with van der Waals surface area (Å²) >= 11 is 0. The zero-order valence-electron chi connectivity index (χ0n) is 36.7. The highest BCUT2D eigenvalue weighted by atomic mass is 16.5. The van der Waals surface area contributed by atoms with Gasteiger partial charge in [-0.3, -0.25) is 24.2 Å². The maximum Gasteiger partial charge on any atom is 0.305 e. The monoisotopic (exact) mass is 800 g/mol. The number of piperazine rings is 1. The van der Waals surface area contributed by atoms with Crippen LogP contribution in [-0.4, -0.2) is 110 Å². The molecule has 0 spiro atoms. The molecular weight excluding hydrogens is 715 g/mol. The van der Waals surface area contributed by atoms with Crippen molar-refractivity contribution in [3.05, 3.63) is 48.6 Å². The standard InChI is InChI=1S/C48H85N3O6/c1-3-5-7-9-11-13-15-17-19-21-23-25-27-29-31-33-47(54)56-43-40-51(46(53)45-50-37-35-49(36-38-50)39-42-52)41-44-57-48(55)34-32-30-28-26-24-22-20-18-16-14-12-10-8-6-4-2/h11-14,17-20,52H,3-10,15-16,21-45H2,1-2H3/b13-11-,14-12-,19-17-,20-18-. The van der Waals surface area contributed by atoms with Crippen molar-refractivity contribution in [2.45, 2.75) is 168 Å². The van der Waals surface area contributed by atoms with Gasteiger partial charge in [-0.05, 0) is 77.0 Å². The molecule has 0 aromatic carbocycles. The minimum atomic E-state index is -0.225. The van der Waals surface area contributed by atoms with Gasteiger partial charge >= 0.3 is 11.9 Å². The summed E-state index contributed by atoms with van der Waals surface area (Å²) in [4.78, 5) is 44.3. The first-order valence-electron chi connectivity index (χ1n) is 23.2. The number of β-amino-alcohol motifs (C(OH)–C–C–N with tert-alkyl or cyclic N) is 1. The van der Waals surface area contributed by atoms with Crippen LogP contribution in [0.1, 0.15) is 168 Å². The molecule has 0 aliphatic carbocycles. The van der Waals surface area contributed by atoms with Gasteiger partial charge in [-0.2, -0.15) is 0 Å². The number of rotatable bonds is 38. The van der Waals surface area contributed by atoms with Crippen LogP contribution in [0, 0.1) is 0 Å². The first-order chi connectivity index (χ1) is 28.0. The third-order valence-electron chi connectivity index (χ3n) is 10.5. The molecule has 1 saturated heterocycles. The summed E-state index contributed by atoms with van der Waals surface area (Å²) in [5.74, 6) is -0.506. The Kier molecular flexibility index (Phi) is 36.7. The molecule has 1 aliphatic rings. The van der Waals surface area contributed by atoms with Gasteiger partial charge in [0.1, 0.15) is 13.2 Å². The van der Waals surface area contributed by atoms with Crippen LogP contribution in [-0.2, 0) is 23.9 Å². The molecule has 0 atom stereocenters. The molecule has 0 aromatic rings. The van der Waals surface area contributed by atoms with Crippen molar-refractivity contribution in [3.63, 3.8) is 0 Å². The zero-order chi connectivity index (χ0) is 41.3. The van der Waals surface area contributed by atoms with Gasteiger partial charge in [-0.1, -0.05) is 127 Å². The number of hydrogen-bond acceptors (Lipinski definition) is 8. The topological polar surface area (TPSA) is 99.6 Å². The van der Waals surface area contributed by atoms with E-state index in [1.54, 1.807) is 4.90 Å². The third-order valence-corrected chi connectivity index (χ3v) is 10.5. The molecule has 0 aromatic heterocycles. The first kappa shape index (κ1) is 52.3. The largest absolute Gasteiger partial charge is 0.464 e. The van der Waals surface area contributed by atoms with Crippen LogP contribution in [0.25, 0.3) is 0 Å². The van der Waals surface area contributed by atoms with Crippen molar-refractivity contribution in [2.75, 3.05) is 72.2 Å². The number of amides is 1. The van der Waals surface area contributed by atoms with Crippen LogP contribution in [0.15, 0.2) is 48.6 Å². The van der Waals surface area contributed by atoms with Crippen LogP contribution >= 0.6 is 0 Å². The average molecular weight is 800 g/mol. The van der Waals surface area contributed by atoms with E-state index in [2.05, 4.69) is 72.3 Å². The van der Waals surface area contributed by atoms with Gasteiger partial charge in [0.15, 0.2) is 0 Å². The molecule has 0 saturated carbocycles. The van der Waals surface area contributed by atoms with Crippen LogP contribution in [0.4, 0.5) is 0 Å². The molecule has 328 valence electrons. The van der Waals surface area contributed by atoms with Crippen LogP contribution in [0.5, 0.6) is 0 Å². The number of aliphatic hydroxyl groups is 1. The van der Waals surface area contributed by atoms with E-state index in [0.717, 1.165) is 90.4 Å². The molecular formula is C48H85N3O6. The highest BCUT2D eigenvalue weighted by Crippen LogP contribution is 2.11. The second-order valence-corrected chi connectivity index (χ2v) is 15.6. The van der Waals surface area contributed by atoms with E-state index in [9.17, 15) is 19.5 Å². The van der Waals surface area contributed by atoms with Crippen molar-refractivity contribution >= 4 is 17.8 Å². The van der Waals surface area contributed by atoms with E-state index in [4.69, 9.17) is 9.47 Å². The van der Waals surface area contributed by atoms with Crippen molar-refractivity contribution in [1.82, 2.24) is 14.7 Å². The lowest BCUT2D eigenvalue weighted by Gasteiger charge is -2.35. The molecule has 9 heteroatoms. The number of esters is 2. The van der Waals surface area contributed by atoms with E-state index in [1.165, 1.54) is 77.0 Å². The number of aliphatic hydroxyl groups excluding tert-OH is 1. The van der Waals surface area contributed by atoms with E-state index in [-0.39, 0.29) is 57.3 Å².